The van der Waals surface area contributed by atoms with E-state index in [1.807, 2.05) is 11.8 Å². The van der Waals surface area contributed by atoms with Crippen molar-refractivity contribution in [1.29, 1.82) is 0 Å². The van der Waals surface area contributed by atoms with Gasteiger partial charge in [0, 0.05) is 19.3 Å². The Morgan fingerprint density at radius 2 is 1.83 bits per heavy atom. The Kier molecular flexibility index (Phi) is 6.13. The number of aromatic nitrogens is 2. The Morgan fingerprint density at radius 3 is 2.39 bits per heavy atom. The summed E-state index contributed by atoms with van der Waals surface area (Å²) in [6.07, 6.45) is 6.03. The zero-order valence-electron chi connectivity index (χ0n) is 14.3. The largest absolute Gasteiger partial charge is 0.337 e. The Bertz CT molecular complexity index is 658. The summed E-state index contributed by atoms with van der Waals surface area (Å²) in [5, 5.41) is 0. The maximum atomic E-state index is 13.6. The molecule has 4 nitrogen and oxygen atoms in total. The lowest BCUT2D eigenvalue weighted by Gasteiger charge is -2.22. The first-order valence-corrected chi connectivity index (χ1v) is 8.58. The van der Waals surface area contributed by atoms with Gasteiger partial charge in [-0.25, -0.2) is 9.37 Å². The molecule has 0 aliphatic carbocycles. The smallest absolute Gasteiger partial charge is 0.272 e. The number of amides is 1. The fourth-order valence-electron chi connectivity index (χ4n) is 2.70. The van der Waals surface area contributed by atoms with Crippen molar-refractivity contribution in [3.8, 4) is 0 Å². The molecule has 2 aromatic rings. The maximum absolute atomic E-state index is 13.6. The highest BCUT2D eigenvalue weighted by Gasteiger charge is 2.23. The number of halogens is 1. The molecule has 0 radical (unpaired) electrons. The molecule has 0 aliphatic rings. The van der Waals surface area contributed by atoms with E-state index in [-0.39, 0.29) is 11.7 Å². The number of carbonyl (C=O) groups excluding carboxylic acids is 1. The van der Waals surface area contributed by atoms with Gasteiger partial charge in [0.25, 0.3) is 5.91 Å². The summed E-state index contributed by atoms with van der Waals surface area (Å²) < 4.78 is 15.2. The molecule has 0 unspecified atom stereocenters. The number of aryl methyl sites for hydroxylation is 1. The van der Waals surface area contributed by atoms with E-state index >= 15 is 0 Å². The molecule has 0 atom stereocenters. The molecule has 0 saturated heterocycles. The minimum absolute atomic E-state index is 0.0400. The molecule has 0 fully saturated rings. The molecule has 0 aromatic carbocycles. The molecule has 0 spiro atoms. The van der Waals surface area contributed by atoms with Crippen LogP contribution in [0.2, 0.25) is 0 Å². The number of nitrogens with zero attached hydrogens (tertiary/aromatic N) is 3. The Labute approximate surface area is 137 Å². The van der Waals surface area contributed by atoms with Gasteiger partial charge in [-0.1, -0.05) is 33.6 Å². The number of hydrogen-bond donors (Lipinski definition) is 0. The number of imidazole rings is 1. The van der Waals surface area contributed by atoms with Crippen molar-refractivity contribution in [2.45, 2.75) is 52.9 Å². The monoisotopic (exact) mass is 319 g/mol. The Balaban J connectivity index is 2.41. The van der Waals surface area contributed by atoms with Crippen LogP contribution in [0.25, 0.3) is 5.65 Å². The van der Waals surface area contributed by atoms with Crippen molar-refractivity contribution >= 4 is 11.6 Å². The molecule has 5 heteroatoms. The van der Waals surface area contributed by atoms with Gasteiger partial charge in [-0.2, -0.15) is 0 Å². The van der Waals surface area contributed by atoms with Crippen LogP contribution in [0.1, 0.15) is 62.6 Å². The number of carbonyl (C=O) groups is 1. The van der Waals surface area contributed by atoms with E-state index in [1.165, 1.54) is 12.3 Å². The van der Waals surface area contributed by atoms with Crippen molar-refractivity contribution < 1.29 is 9.18 Å². The summed E-state index contributed by atoms with van der Waals surface area (Å²) in [5.74, 6) is -0.401. The zero-order valence-corrected chi connectivity index (χ0v) is 14.3. The van der Waals surface area contributed by atoms with Crippen LogP contribution in [0, 0.1) is 5.82 Å². The molecular weight excluding hydrogens is 293 g/mol. The second kappa shape index (κ2) is 8.09. The molecule has 1 amide bonds. The average Bonchev–Trinajstić information content (AvgIpc) is 2.92. The summed E-state index contributed by atoms with van der Waals surface area (Å²) in [5.41, 5.74) is 1.87. The molecule has 2 heterocycles. The fourth-order valence-corrected chi connectivity index (χ4v) is 2.70. The molecule has 0 saturated carbocycles. The normalized spacial score (nSPS) is 11.1. The molecule has 0 N–H and O–H groups in total. The van der Waals surface area contributed by atoms with Crippen LogP contribution >= 0.6 is 0 Å². The van der Waals surface area contributed by atoms with Gasteiger partial charge in [0.1, 0.15) is 17.2 Å². The molecular formula is C18H26FN3O. The predicted octanol–water partition coefficient (Wildman–Crippen LogP) is 4.08. The van der Waals surface area contributed by atoms with Gasteiger partial charge in [0.15, 0.2) is 0 Å². The van der Waals surface area contributed by atoms with Crippen molar-refractivity contribution in [3.63, 3.8) is 0 Å². The minimum atomic E-state index is -0.361. The molecule has 2 aromatic heterocycles. The van der Waals surface area contributed by atoms with Gasteiger partial charge in [0.05, 0.1) is 5.69 Å². The van der Waals surface area contributed by atoms with Crippen LogP contribution in [-0.4, -0.2) is 33.3 Å². The maximum Gasteiger partial charge on any atom is 0.272 e. The lowest BCUT2D eigenvalue weighted by molar-refractivity contribution is 0.0743. The van der Waals surface area contributed by atoms with Crippen molar-refractivity contribution in [2.24, 2.45) is 0 Å². The van der Waals surface area contributed by atoms with Crippen molar-refractivity contribution in [2.75, 3.05) is 13.1 Å². The minimum Gasteiger partial charge on any atom is -0.337 e. The van der Waals surface area contributed by atoms with Crippen LogP contribution in [0.15, 0.2) is 18.3 Å². The highest BCUT2D eigenvalue weighted by atomic mass is 19.1. The van der Waals surface area contributed by atoms with E-state index in [0.29, 0.717) is 17.8 Å². The van der Waals surface area contributed by atoms with E-state index in [4.69, 9.17) is 0 Å². The average molecular weight is 319 g/mol. The van der Waals surface area contributed by atoms with Gasteiger partial charge < -0.3 is 4.90 Å². The van der Waals surface area contributed by atoms with Crippen LogP contribution in [0.3, 0.4) is 0 Å². The van der Waals surface area contributed by atoms with Crippen LogP contribution in [-0.2, 0) is 6.42 Å². The Morgan fingerprint density at radius 1 is 1.17 bits per heavy atom. The summed E-state index contributed by atoms with van der Waals surface area (Å²) in [7, 11) is 0. The quantitative estimate of drug-likeness (QED) is 0.735. The van der Waals surface area contributed by atoms with Gasteiger partial charge in [-0.05, 0) is 31.4 Å². The first-order chi connectivity index (χ1) is 11.1. The van der Waals surface area contributed by atoms with Gasteiger partial charge in [-0.3, -0.25) is 9.20 Å². The number of unbranched alkanes of at least 4 members (excludes halogenated alkanes) is 2. The SMILES string of the molecule is CCCCN(CCCC)C(=O)c1c(CC)nc2ccc(F)cn12. The molecule has 126 valence electrons. The van der Waals surface area contributed by atoms with Crippen LogP contribution in [0.5, 0.6) is 0 Å². The molecule has 0 bridgehead atoms. The van der Waals surface area contributed by atoms with Gasteiger partial charge >= 0.3 is 0 Å². The van der Waals surface area contributed by atoms with E-state index < -0.39 is 0 Å². The van der Waals surface area contributed by atoms with Crippen molar-refractivity contribution in [3.05, 3.63) is 35.5 Å². The lowest BCUT2D eigenvalue weighted by atomic mass is 10.2. The molecule has 23 heavy (non-hydrogen) atoms. The standard InChI is InChI=1S/C18H26FN3O/c1-4-7-11-21(12-8-5-2)18(23)17-15(6-3)20-16-10-9-14(19)13-22(16)17/h9-10,13H,4-8,11-12H2,1-3H3. The Hall–Kier alpha value is -1.91. The summed E-state index contributed by atoms with van der Waals surface area (Å²) in [6.45, 7) is 7.67. The highest BCUT2D eigenvalue weighted by Crippen LogP contribution is 2.17. The highest BCUT2D eigenvalue weighted by molar-refractivity contribution is 5.94. The van der Waals surface area contributed by atoms with Crippen LogP contribution in [0.4, 0.5) is 4.39 Å². The van der Waals surface area contributed by atoms with Gasteiger partial charge in [-0.15, -0.1) is 0 Å². The second-order valence-electron chi connectivity index (χ2n) is 5.84. The van der Waals surface area contributed by atoms with E-state index in [9.17, 15) is 9.18 Å². The lowest BCUT2D eigenvalue weighted by Crippen LogP contribution is -2.34. The summed E-state index contributed by atoms with van der Waals surface area (Å²) in [6, 6.07) is 3.00. The zero-order chi connectivity index (χ0) is 16.8. The van der Waals surface area contributed by atoms with E-state index in [1.54, 1.807) is 10.5 Å². The predicted molar refractivity (Wildman–Crippen MR) is 90.2 cm³/mol. The number of fused-ring (bicyclic) bond motifs is 1. The van der Waals surface area contributed by atoms with Crippen molar-refractivity contribution in [1.82, 2.24) is 14.3 Å². The number of pyridine rings is 1. The molecule has 0 aliphatic heterocycles. The number of rotatable bonds is 8. The van der Waals surface area contributed by atoms with Crippen LogP contribution < -0.4 is 0 Å². The summed E-state index contributed by atoms with van der Waals surface area (Å²) in [4.78, 5) is 19.4. The van der Waals surface area contributed by atoms with E-state index in [2.05, 4.69) is 18.8 Å². The van der Waals surface area contributed by atoms with E-state index in [0.717, 1.165) is 44.5 Å². The third-order valence-electron chi connectivity index (χ3n) is 4.04. The third-order valence-corrected chi connectivity index (χ3v) is 4.04. The first-order valence-electron chi connectivity index (χ1n) is 8.58. The van der Waals surface area contributed by atoms with Gasteiger partial charge in [0.2, 0.25) is 0 Å². The second-order valence-corrected chi connectivity index (χ2v) is 5.84. The fraction of sp³-hybridized carbons (Fsp3) is 0.556. The topological polar surface area (TPSA) is 37.6 Å². The summed E-state index contributed by atoms with van der Waals surface area (Å²) >= 11 is 0. The third kappa shape index (κ3) is 3.89. The molecule has 2 rings (SSSR count). The number of hydrogen-bond acceptors (Lipinski definition) is 2. The first kappa shape index (κ1) is 17.4.